The molecule has 1 aromatic heterocycles. The number of nitrogens with one attached hydrogen (secondary N) is 1. The molecule has 1 N–H and O–H groups in total. The summed E-state index contributed by atoms with van der Waals surface area (Å²) >= 11 is 20.1. The molecule has 0 radical (unpaired) electrons. The average molecular weight is 398 g/mol. The van der Waals surface area contributed by atoms with E-state index in [9.17, 15) is 0 Å². The van der Waals surface area contributed by atoms with E-state index in [1.54, 1.807) is 17.4 Å². The number of rotatable bonds is 6. The quantitative estimate of drug-likeness (QED) is 0.508. The number of aromatic nitrogens is 1. The van der Waals surface area contributed by atoms with Crippen LogP contribution in [0.15, 0.2) is 48.7 Å². The molecule has 124 valence electrons. The van der Waals surface area contributed by atoms with E-state index in [0.29, 0.717) is 16.6 Å². The highest BCUT2D eigenvalue weighted by molar-refractivity contribution is 7.15. The Bertz CT molecular complexity index is 833. The monoisotopic (exact) mass is 396 g/mol. The zero-order chi connectivity index (χ0) is 16.9. The van der Waals surface area contributed by atoms with Crippen LogP contribution in [0.2, 0.25) is 15.1 Å². The van der Waals surface area contributed by atoms with E-state index in [1.807, 2.05) is 42.6 Å². The Hall–Kier alpha value is -1.10. The lowest BCUT2D eigenvalue weighted by Gasteiger charge is -2.05. The van der Waals surface area contributed by atoms with Gasteiger partial charge in [-0.05, 0) is 30.7 Å². The van der Waals surface area contributed by atoms with Crippen LogP contribution in [0.25, 0.3) is 10.4 Å². The van der Waals surface area contributed by atoms with Crippen LogP contribution in [0.1, 0.15) is 10.6 Å². The highest BCUT2D eigenvalue weighted by Crippen LogP contribution is 2.36. The third kappa shape index (κ3) is 4.29. The molecule has 0 aliphatic rings. The molecule has 0 bridgehead atoms. The van der Waals surface area contributed by atoms with E-state index in [0.717, 1.165) is 39.0 Å². The minimum absolute atomic E-state index is 0.557. The molecular weight excluding hydrogens is 383 g/mol. The first-order valence-electron chi connectivity index (χ1n) is 7.48. The van der Waals surface area contributed by atoms with Gasteiger partial charge < -0.3 is 5.32 Å². The second-order valence-corrected chi connectivity index (χ2v) is 7.55. The standard InChI is InChI=1S/C18H15Cl3N2S/c19-14-6-2-1-4-12(14)8-9-22-11-17-23-10-16(24-17)13-5-3-7-15(20)18(13)21/h1-7,10,22H,8-9,11H2. The van der Waals surface area contributed by atoms with Gasteiger partial charge in [0.05, 0.1) is 14.9 Å². The maximum Gasteiger partial charge on any atom is 0.107 e. The minimum Gasteiger partial charge on any atom is -0.310 e. The predicted molar refractivity (Wildman–Crippen MR) is 104 cm³/mol. The fourth-order valence-electron chi connectivity index (χ4n) is 2.33. The van der Waals surface area contributed by atoms with E-state index < -0.39 is 0 Å². The largest absolute Gasteiger partial charge is 0.310 e. The summed E-state index contributed by atoms with van der Waals surface area (Å²) in [5.74, 6) is 0. The number of nitrogens with zero attached hydrogens (tertiary/aromatic N) is 1. The summed E-state index contributed by atoms with van der Waals surface area (Å²) in [5.41, 5.74) is 2.07. The molecule has 0 amide bonds. The van der Waals surface area contributed by atoms with Crippen LogP contribution in [0, 0.1) is 0 Å². The average Bonchev–Trinajstić information content (AvgIpc) is 3.04. The molecule has 2 nitrogen and oxygen atoms in total. The number of thiazole rings is 1. The summed E-state index contributed by atoms with van der Waals surface area (Å²) in [5, 5.41) is 6.35. The van der Waals surface area contributed by atoms with Crippen LogP contribution in [0.4, 0.5) is 0 Å². The normalized spacial score (nSPS) is 11.0. The maximum absolute atomic E-state index is 6.27. The Balaban J connectivity index is 1.57. The molecule has 1 heterocycles. The van der Waals surface area contributed by atoms with Crippen LogP contribution in [-0.4, -0.2) is 11.5 Å². The maximum atomic E-state index is 6.27. The highest BCUT2D eigenvalue weighted by Gasteiger charge is 2.10. The fourth-order valence-corrected chi connectivity index (χ4v) is 3.94. The summed E-state index contributed by atoms with van der Waals surface area (Å²) in [4.78, 5) is 5.47. The second-order valence-electron chi connectivity index (χ2n) is 5.24. The van der Waals surface area contributed by atoms with Crippen molar-refractivity contribution in [2.24, 2.45) is 0 Å². The predicted octanol–water partition coefficient (Wildman–Crippen LogP) is 6.10. The fraction of sp³-hybridized carbons (Fsp3) is 0.167. The van der Waals surface area contributed by atoms with E-state index in [-0.39, 0.29) is 0 Å². The molecule has 3 rings (SSSR count). The summed E-state index contributed by atoms with van der Waals surface area (Å²) in [6.07, 6.45) is 2.73. The van der Waals surface area contributed by atoms with Crippen LogP contribution >= 0.6 is 46.1 Å². The Morgan fingerprint density at radius 2 is 1.75 bits per heavy atom. The number of benzene rings is 2. The molecule has 0 unspecified atom stereocenters. The zero-order valence-electron chi connectivity index (χ0n) is 12.7. The van der Waals surface area contributed by atoms with Crippen molar-refractivity contribution in [1.82, 2.24) is 10.3 Å². The van der Waals surface area contributed by atoms with Crippen molar-refractivity contribution < 1.29 is 0 Å². The van der Waals surface area contributed by atoms with Gasteiger partial charge in [0.1, 0.15) is 5.01 Å². The molecule has 0 saturated carbocycles. The van der Waals surface area contributed by atoms with Crippen LogP contribution in [0.3, 0.4) is 0 Å². The van der Waals surface area contributed by atoms with Gasteiger partial charge >= 0.3 is 0 Å². The lowest BCUT2D eigenvalue weighted by atomic mass is 10.1. The Kier molecular flexibility index (Phi) is 6.14. The zero-order valence-corrected chi connectivity index (χ0v) is 15.8. The van der Waals surface area contributed by atoms with E-state index >= 15 is 0 Å². The molecule has 24 heavy (non-hydrogen) atoms. The summed E-state index contributed by atoms with van der Waals surface area (Å²) < 4.78 is 0. The van der Waals surface area contributed by atoms with Gasteiger partial charge in [0, 0.05) is 23.3 Å². The minimum atomic E-state index is 0.557. The molecule has 0 atom stereocenters. The van der Waals surface area contributed by atoms with Crippen molar-refractivity contribution >= 4 is 46.1 Å². The smallest absolute Gasteiger partial charge is 0.107 e. The van der Waals surface area contributed by atoms with Gasteiger partial charge in [0.15, 0.2) is 0 Å². The molecule has 0 aliphatic heterocycles. The summed E-state index contributed by atoms with van der Waals surface area (Å²) in [6.45, 7) is 1.56. The van der Waals surface area contributed by atoms with Gasteiger partial charge in [-0.1, -0.05) is 65.1 Å². The van der Waals surface area contributed by atoms with Crippen molar-refractivity contribution in [2.45, 2.75) is 13.0 Å². The van der Waals surface area contributed by atoms with Gasteiger partial charge in [0.2, 0.25) is 0 Å². The Morgan fingerprint density at radius 1 is 0.958 bits per heavy atom. The van der Waals surface area contributed by atoms with Crippen molar-refractivity contribution in [3.05, 3.63) is 74.3 Å². The topological polar surface area (TPSA) is 24.9 Å². The van der Waals surface area contributed by atoms with Gasteiger partial charge in [0.25, 0.3) is 0 Å². The number of halogens is 3. The van der Waals surface area contributed by atoms with Gasteiger partial charge in [-0.3, -0.25) is 0 Å². The second kappa shape index (κ2) is 8.32. The van der Waals surface area contributed by atoms with Crippen molar-refractivity contribution in [3.63, 3.8) is 0 Å². The third-order valence-electron chi connectivity index (χ3n) is 3.58. The molecule has 0 spiro atoms. The molecule has 0 aliphatic carbocycles. The molecule has 0 saturated heterocycles. The van der Waals surface area contributed by atoms with Gasteiger partial charge in [-0.25, -0.2) is 4.98 Å². The highest BCUT2D eigenvalue weighted by atomic mass is 35.5. The molecule has 3 aromatic rings. The molecule has 6 heteroatoms. The van der Waals surface area contributed by atoms with Gasteiger partial charge in [-0.15, -0.1) is 11.3 Å². The van der Waals surface area contributed by atoms with E-state index in [1.165, 1.54) is 0 Å². The molecule has 2 aromatic carbocycles. The van der Waals surface area contributed by atoms with Crippen LogP contribution in [-0.2, 0) is 13.0 Å². The lowest BCUT2D eigenvalue weighted by Crippen LogP contribution is -2.16. The van der Waals surface area contributed by atoms with Crippen molar-refractivity contribution in [1.29, 1.82) is 0 Å². The van der Waals surface area contributed by atoms with E-state index in [2.05, 4.69) is 10.3 Å². The summed E-state index contributed by atoms with van der Waals surface area (Å²) in [7, 11) is 0. The van der Waals surface area contributed by atoms with Crippen molar-refractivity contribution in [3.8, 4) is 10.4 Å². The first kappa shape index (κ1) is 17.7. The Morgan fingerprint density at radius 3 is 2.58 bits per heavy atom. The molecule has 0 fully saturated rings. The number of hydrogen-bond donors (Lipinski definition) is 1. The van der Waals surface area contributed by atoms with Crippen molar-refractivity contribution in [2.75, 3.05) is 6.54 Å². The van der Waals surface area contributed by atoms with Crippen LogP contribution < -0.4 is 5.32 Å². The number of hydrogen-bond acceptors (Lipinski definition) is 3. The Labute approximate surface area is 160 Å². The first-order chi connectivity index (χ1) is 11.6. The van der Waals surface area contributed by atoms with E-state index in [4.69, 9.17) is 34.8 Å². The third-order valence-corrected chi connectivity index (χ3v) is 5.79. The van der Waals surface area contributed by atoms with Crippen LogP contribution in [0.5, 0.6) is 0 Å². The summed E-state index contributed by atoms with van der Waals surface area (Å²) in [6, 6.07) is 13.5. The first-order valence-corrected chi connectivity index (χ1v) is 9.43. The van der Waals surface area contributed by atoms with Gasteiger partial charge in [-0.2, -0.15) is 0 Å². The SMILES string of the molecule is Clc1ccccc1CCNCc1ncc(-c2cccc(Cl)c2Cl)s1. The molecular formula is C18H15Cl3N2S. The lowest BCUT2D eigenvalue weighted by molar-refractivity contribution is 0.684.